The smallest absolute Gasteiger partial charge is 0.254 e. The molecule has 1 aliphatic heterocycles. The Morgan fingerprint density at radius 1 is 1.22 bits per heavy atom. The first-order valence-corrected chi connectivity index (χ1v) is 10.4. The molecule has 2 heterocycles. The van der Waals surface area contributed by atoms with Gasteiger partial charge in [0.15, 0.2) is 0 Å². The van der Waals surface area contributed by atoms with Crippen LogP contribution in [0.25, 0.3) is 5.70 Å². The minimum absolute atomic E-state index is 0.135. The largest absolute Gasteiger partial charge is 0.387 e. The first kappa shape index (κ1) is 21.5. The second-order valence-electron chi connectivity index (χ2n) is 7.83. The van der Waals surface area contributed by atoms with Crippen LogP contribution in [0.15, 0.2) is 60.4 Å². The van der Waals surface area contributed by atoms with Crippen molar-refractivity contribution in [2.45, 2.75) is 25.9 Å². The quantitative estimate of drug-likeness (QED) is 0.564. The van der Waals surface area contributed by atoms with E-state index in [-0.39, 0.29) is 11.6 Å². The number of likely N-dealkylation sites (tertiary alicyclic amines) is 1. The molecule has 6 nitrogen and oxygen atoms in total. The van der Waals surface area contributed by atoms with Gasteiger partial charge in [0.2, 0.25) is 0 Å². The van der Waals surface area contributed by atoms with Crippen LogP contribution in [0.1, 0.15) is 34.8 Å². The Labute approximate surface area is 185 Å². The van der Waals surface area contributed by atoms with Crippen molar-refractivity contribution < 1.29 is 13.6 Å². The third-order valence-electron chi connectivity index (χ3n) is 5.86. The number of hydrogen-bond acceptors (Lipinski definition) is 3. The van der Waals surface area contributed by atoms with E-state index in [1.54, 1.807) is 24.9 Å². The molecule has 0 spiro atoms. The summed E-state index contributed by atoms with van der Waals surface area (Å²) in [6.07, 6.45) is 4.12. The Morgan fingerprint density at radius 3 is 2.53 bits per heavy atom. The first-order chi connectivity index (χ1) is 15.4. The monoisotopic (exact) mass is 437 g/mol. The van der Waals surface area contributed by atoms with Crippen molar-refractivity contribution in [2.24, 2.45) is 0 Å². The maximum absolute atomic E-state index is 13.8. The Bertz CT molecular complexity index is 1160. The van der Waals surface area contributed by atoms with Gasteiger partial charge in [-0.25, -0.2) is 8.78 Å². The predicted molar refractivity (Wildman–Crippen MR) is 120 cm³/mol. The number of carbonyl (C=O) groups excluding carboxylic acids is 1. The summed E-state index contributed by atoms with van der Waals surface area (Å²) in [5.74, 6) is -1.49. The van der Waals surface area contributed by atoms with Crippen molar-refractivity contribution in [3.05, 3.63) is 88.8 Å². The third-order valence-corrected chi connectivity index (χ3v) is 5.86. The zero-order chi connectivity index (χ0) is 22.8. The fourth-order valence-electron chi connectivity index (χ4n) is 4.16. The number of rotatable bonds is 5. The van der Waals surface area contributed by atoms with Gasteiger partial charge in [-0.2, -0.15) is 0 Å². The maximum atomic E-state index is 13.8. The molecule has 1 unspecified atom stereocenters. The van der Waals surface area contributed by atoms with E-state index in [2.05, 4.69) is 10.4 Å². The summed E-state index contributed by atoms with van der Waals surface area (Å²) in [5.41, 5.74) is 3.24. The van der Waals surface area contributed by atoms with Crippen LogP contribution in [0.3, 0.4) is 0 Å². The second kappa shape index (κ2) is 8.82. The molecular formula is C24H25F2N5O. The van der Waals surface area contributed by atoms with Gasteiger partial charge in [0.25, 0.3) is 5.91 Å². The van der Waals surface area contributed by atoms with Crippen molar-refractivity contribution >= 4 is 17.3 Å². The molecule has 1 atom stereocenters. The van der Waals surface area contributed by atoms with E-state index in [1.165, 1.54) is 12.1 Å². The highest BCUT2D eigenvalue weighted by Crippen LogP contribution is 2.28. The SMILES string of the molecule is CN/C(=C1/CCN(C(=O)c2ccccc2Cn2cc[nH]2)C(C)C1=N)c1cc(F)cc(F)c1. The van der Waals surface area contributed by atoms with Crippen molar-refractivity contribution in [3.63, 3.8) is 0 Å². The van der Waals surface area contributed by atoms with Crippen LogP contribution in [0.2, 0.25) is 0 Å². The molecule has 1 aliphatic rings. The van der Waals surface area contributed by atoms with Gasteiger partial charge < -0.3 is 20.7 Å². The number of halogens is 2. The lowest BCUT2D eigenvalue weighted by Crippen LogP contribution is -2.48. The number of nitrogens with zero attached hydrogens (tertiary/aromatic N) is 2. The Hall–Kier alpha value is -3.68. The topological polar surface area (TPSA) is 76.9 Å². The number of aromatic amines is 1. The zero-order valence-electron chi connectivity index (χ0n) is 18.0. The normalized spacial score (nSPS) is 18.1. The fourth-order valence-corrected chi connectivity index (χ4v) is 4.16. The summed E-state index contributed by atoms with van der Waals surface area (Å²) in [5, 5.41) is 14.8. The lowest BCUT2D eigenvalue weighted by Gasteiger charge is -2.37. The number of amides is 1. The predicted octanol–water partition coefficient (Wildman–Crippen LogP) is 4.03. The fraction of sp³-hybridized carbons (Fsp3) is 0.250. The summed E-state index contributed by atoms with van der Waals surface area (Å²) in [6.45, 7) is 2.76. The van der Waals surface area contributed by atoms with Gasteiger partial charge in [-0.3, -0.25) is 9.48 Å². The van der Waals surface area contributed by atoms with Gasteiger partial charge in [-0.05, 0) is 37.1 Å². The molecule has 3 N–H and O–H groups in total. The van der Waals surface area contributed by atoms with Crippen LogP contribution in [-0.4, -0.2) is 45.9 Å². The van der Waals surface area contributed by atoms with Crippen LogP contribution in [-0.2, 0) is 6.54 Å². The average Bonchev–Trinajstić information content (AvgIpc) is 2.73. The van der Waals surface area contributed by atoms with Crippen molar-refractivity contribution in [1.29, 1.82) is 5.41 Å². The molecular weight excluding hydrogens is 412 g/mol. The number of piperidine rings is 1. The van der Waals surface area contributed by atoms with E-state index in [0.717, 1.165) is 11.6 Å². The van der Waals surface area contributed by atoms with Crippen LogP contribution in [0.4, 0.5) is 8.78 Å². The molecule has 166 valence electrons. The van der Waals surface area contributed by atoms with E-state index in [9.17, 15) is 13.6 Å². The van der Waals surface area contributed by atoms with E-state index >= 15 is 0 Å². The molecule has 0 aliphatic carbocycles. The van der Waals surface area contributed by atoms with Crippen LogP contribution >= 0.6 is 0 Å². The van der Waals surface area contributed by atoms with Crippen molar-refractivity contribution in [1.82, 2.24) is 20.0 Å². The molecule has 0 radical (unpaired) electrons. The highest BCUT2D eigenvalue weighted by Gasteiger charge is 2.33. The number of hydrogen-bond donors (Lipinski definition) is 3. The third kappa shape index (κ3) is 4.08. The summed E-state index contributed by atoms with van der Waals surface area (Å²) < 4.78 is 29.4. The molecule has 8 heteroatoms. The first-order valence-electron chi connectivity index (χ1n) is 10.4. The molecule has 3 aromatic rings. The summed E-state index contributed by atoms with van der Waals surface area (Å²) >= 11 is 0. The van der Waals surface area contributed by atoms with E-state index in [0.29, 0.717) is 41.9 Å². The Balaban J connectivity index is 1.62. The van der Waals surface area contributed by atoms with Crippen molar-refractivity contribution in [3.8, 4) is 0 Å². The molecule has 1 amide bonds. The summed E-state index contributed by atoms with van der Waals surface area (Å²) in [4.78, 5) is 15.1. The number of nitrogens with one attached hydrogen (secondary N) is 3. The number of H-pyrrole nitrogens is 1. The molecule has 1 aromatic heterocycles. The molecule has 4 rings (SSSR count). The Kier molecular flexibility index (Phi) is 5.94. The van der Waals surface area contributed by atoms with Gasteiger partial charge in [0.05, 0.1) is 18.3 Å². The number of benzene rings is 2. The molecule has 1 fully saturated rings. The van der Waals surface area contributed by atoms with Gasteiger partial charge in [-0.15, -0.1) is 0 Å². The lowest BCUT2D eigenvalue weighted by molar-refractivity contribution is 0.0727. The highest BCUT2D eigenvalue weighted by atomic mass is 19.1. The maximum Gasteiger partial charge on any atom is 0.254 e. The molecule has 2 aromatic carbocycles. The molecule has 0 bridgehead atoms. The second-order valence-corrected chi connectivity index (χ2v) is 7.83. The van der Waals surface area contributed by atoms with E-state index in [4.69, 9.17) is 5.41 Å². The van der Waals surface area contributed by atoms with Gasteiger partial charge >= 0.3 is 0 Å². The minimum atomic E-state index is -0.677. The van der Waals surface area contributed by atoms with E-state index < -0.39 is 17.7 Å². The Morgan fingerprint density at radius 2 is 1.91 bits per heavy atom. The van der Waals surface area contributed by atoms with Gasteiger partial charge in [0.1, 0.15) is 11.6 Å². The zero-order valence-corrected chi connectivity index (χ0v) is 18.0. The van der Waals surface area contributed by atoms with Crippen LogP contribution in [0.5, 0.6) is 0 Å². The van der Waals surface area contributed by atoms with Crippen molar-refractivity contribution in [2.75, 3.05) is 13.6 Å². The summed E-state index contributed by atoms with van der Waals surface area (Å²) in [6, 6.07) is 10.3. The standard InChI is InChI=1S/C24H25F2N5O/c1-15-22(27)21(23(28-2)17-11-18(25)13-19(26)12-17)7-9-31(15)24(32)20-6-4-3-5-16(20)14-30-10-8-29-30/h3-6,8,10-13,15,27-29H,7,9,14H2,1-2H3/b23-21-,27-22?. The molecule has 0 saturated carbocycles. The van der Waals surface area contributed by atoms with E-state index in [1.807, 2.05) is 35.3 Å². The lowest BCUT2D eigenvalue weighted by atomic mass is 9.90. The minimum Gasteiger partial charge on any atom is -0.387 e. The summed E-state index contributed by atoms with van der Waals surface area (Å²) in [7, 11) is 1.66. The molecule has 1 saturated heterocycles. The highest BCUT2D eigenvalue weighted by molar-refractivity contribution is 6.10. The number of carbonyl (C=O) groups is 1. The number of aromatic nitrogens is 2. The van der Waals surface area contributed by atoms with Gasteiger partial charge in [-0.1, -0.05) is 18.2 Å². The van der Waals surface area contributed by atoms with Crippen LogP contribution in [0, 0.1) is 17.0 Å². The molecule has 32 heavy (non-hydrogen) atoms. The van der Waals surface area contributed by atoms with Gasteiger partial charge in [0, 0.05) is 54.4 Å². The average molecular weight is 437 g/mol. The van der Waals surface area contributed by atoms with Crippen LogP contribution < -0.4 is 5.32 Å².